The third-order valence-corrected chi connectivity index (χ3v) is 33.0. The Morgan fingerprint density at radius 2 is 0.721 bits per heavy atom. The van der Waals surface area contributed by atoms with Gasteiger partial charge in [-0.3, -0.25) is 88.4 Å². The number of aromatic nitrogens is 21. The summed E-state index contributed by atoms with van der Waals surface area (Å²) >= 11 is 30.6. The summed E-state index contributed by atoms with van der Waals surface area (Å²) in [6, 6.07) is 4.54. The van der Waals surface area contributed by atoms with Crippen molar-refractivity contribution in [1.82, 2.24) is 102 Å². The van der Waals surface area contributed by atoms with Gasteiger partial charge in [-0.25, -0.2) is 80.2 Å². The number of anilines is 6. The molecular weight excluding hydrogens is 2090 g/mol. The first-order valence-corrected chi connectivity index (χ1v) is 55.7. The number of alkyl halides is 7. The molecule has 21 heterocycles. The number of nitrogens with one attached hydrogen (secondary N) is 3. The predicted octanol–water partition coefficient (Wildman–Crippen LogP) is 3.19. The molecule has 9 saturated heterocycles. The number of hydrogen-bond donors (Lipinski definition) is 15. The first kappa shape index (κ1) is 97.3. The predicted molar refractivity (Wildman–Crippen MR) is 477 cm³/mol. The lowest BCUT2D eigenvalue weighted by Crippen LogP contribution is -2.42. The van der Waals surface area contributed by atoms with Crippen molar-refractivity contribution in [3.8, 4) is 0 Å². The van der Waals surface area contributed by atoms with Crippen molar-refractivity contribution in [3.63, 3.8) is 0 Å². The number of aromatic amines is 3. The van der Waals surface area contributed by atoms with Crippen molar-refractivity contribution in [2.24, 2.45) is 0 Å². The van der Waals surface area contributed by atoms with E-state index in [4.69, 9.17) is 171 Å². The summed E-state index contributed by atoms with van der Waals surface area (Å²) in [5.74, 6) is -4.83. The van der Waals surface area contributed by atoms with Crippen LogP contribution in [-0.4, -0.2) is 275 Å². The fourth-order valence-electron chi connectivity index (χ4n) is 16.0. The lowest BCUT2D eigenvalue weighted by Gasteiger charge is -2.28. The van der Waals surface area contributed by atoms with E-state index in [9.17, 15) is 43.4 Å². The van der Waals surface area contributed by atoms with Crippen LogP contribution in [0.25, 0.3) is 67.0 Å². The van der Waals surface area contributed by atoms with Gasteiger partial charge in [-0.05, 0) is 77.2 Å². The van der Waals surface area contributed by atoms with Crippen LogP contribution in [0.1, 0.15) is 36.5 Å². The Bertz CT molecular complexity index is 6940. The zero-order valence-corrected chi connectivity index (χ0v) is 78.7. The average Bonchev–Trinajstić information content (AvgIpc) is 1.58. The van der Waals surface area contributed by atoms with Crippen molar-refractivity contribution in [3.05, 3.63) is 106 Å². The quantitative estimate of drug-likeness (QED) is 0.0645. The van der Waals surface area contributed by atoms with Crippen molar-refractivity contribution >= 4 is 225 Å². The third-order valence-electron chi connectivity index (χ3n) is 22.1. The summed E-state index contributed by atoms with van der Waals surface area (Å²) in [4.78, 5) is 148. The number of pyridine rings is 3. The molecule has 0 saturated carbocycles. The van der Waals surface area contributed by atoms with Gasteiger partial charge >= 0.3 is 46.3 Å². The van der Waals surface area contributed by atoms with Crippen LogP contribution in [0, 0.1) is 0 Å². The number of imidazole rings is 6. The molecule has 6 bridgehead atoms. The van der Waals surface area contributed by atoms with Gasteiger partial charge in [-0.2, -0.15) is 15.0 Å². The van der Waals surface area contributed by atoms with Gasteiger partial charge < -0.3 is 105 Å². The zero-order valence-electron chi connectivity index (χ0n) is 67.5. The Morgan fingerprint density at radius 1 is 0.390 bits per heavy atom. The standard InChI is InChI=1S/C21H22F3N9O9P2S2.C21H23F2N9O9P2S2.C21H23F2N9O8P2S3/c22-10-13-8(39-18(10)32-5-28-11-7(25)1-2-27-15(11)32)3-37-44(36,46)42-14-19(33-6-29-12-16(33)30-20(26)31-17(12)34)40-9(21(14,23)24)4-38-43(35,45)41-13;22-10-8-3-36-42(34,44)40-14-9(39-19(11(14)23)31-5-27-12-7(24)1-2-26-16(12)31)4-37-43(35,45)41-15(10)20(38-8)32-6-28-13-17(32)29-21(25)30-18(13)33;22-10-9-4-37-42(35,44)39-14-8(38-19(11(14)23)31-5-27-12-7(24)1-2-26-16(12)31)3-36-41(34,43)40-15(10)20(45-9)32-6-28-13-17(32)29-21(25)30-18(13)33/h1-2,5-6,8-10,13-14,18-19H,3-4H2,(H2,25,27)(H,35,45)(H,36,46)(H3,26,30,31,34);1-2,5-6,8-11,14-15,19-20H,3-4H2,(H2,24,26)(H,34,44)(H,35,45)(H3,25,29,30,33);1-2,5-6,8-11,14-15,19-20H,3-4H2,(H2,24,26)(H,34,43)(H,35,44)(H3,25,29,30,33)/t8-,9-,10+,13-,14+,18-,19-,43?,44?;8-,9-,10+,11+,14-,15-,19-,20-,42?,43?;8-,9-,10-,11+,14-,15-,19-,20-,41?,42?/m111/s1. The smallest absolute Gasteiger partial charge is 0.386 e. The number of nitrogens with two attached hydrogens (primary N) is 6. The number of H-pyrrole nitrogens is 3. The molecule has 9 fully saturated rings. The summed E-state index contributed by atoms with van der Waals surface area (Å²) in [6.45, 7) is -30.8. The van der Waals surface area contributed by atoms with E-state index >= 15 is 30.7 Å². The van der Waals surface area contributed by atoms with Gasteiger partial charge in [0.05, 0.1) is 99.9 Å². The van der Waals surface area contributed by atoms with Gasteiger partial charge in [0.15, 0.2) is 118 Å². The fraction of sp³-hybridized carbons (Fsp3) is 0.476. The minimum atomic E-state index is -4.62. The van der Waals surface area contributed by atoms with Crippen molar-refractivity contribution in [2.75, 3.05) is 74.0 Å². The molecule has 6 unspecified atom stereocenters. The highest BCUT2D eigenvalue weighted by atomic mass is 32.7. The van der Waals surface area contributed by atoms with E-state index in [0.29, 0.717) is 11.2 Å². The molecular formula is C63H68F7N27O26P6S7. The van der Waals surface area contributed by atoms with Crippen LogP contribution < -0.4 is 51.1 Å². The molecule has 21 rings (SSSR count). The molecule has 53 nitrogen and oxygen atoms in total. The Kier molecular flexibility index (Phi) is 26.3. The molecule has 73 heteroatoms. The van der Waals surface area contributed by atoms with E-state index in [0.717, 1.165) is 33.6 Å². The molecule has 0 aliphatic carbocycles. The second-order valence-electron chi connectivity index (χ2n) is 30.7. The second kappa shape index (κ2) is 36.8. The number of halogens is 7. The summed E-state index contributed by atoms with van der Waals surface area (Å²) in [5, 5.41) is -2.10. The van der Waals surface area contributed by atoms with E-state index in [1.807, 2.05) is 0 Å². The lowest BCUT2D eigenvalue weighted by atomic mass is 10.1. The van der Waals surface area contributed by atoms with Crippen LogP contribution in [0.4, 0.5) is 65.6 Å². The summed E-state index contributed by atoms with van der Waals surface area (Å²) < 4.78 is 227. The van der Waals surface area contributed by atoms with E-state index in [1.165, 1.54) is 80.4 Å². The largest absolute Gasteiger partial charge is 0.397 e. The van der Waals surface area contributed by atoms with Crippen LogP contribution in [0.3, 0.4) is 0 Å². The normalized spacial score (nSPS) is 37.3. The number of ether oxygens (including phenoxy) is 5. The Labute approximate surface area is 785 Å². The van der Waals surface area contributed by atoms with Gasteiger partial charge in [0.1, 0.15) is 83.0 Å². The molecule has 20 N–H and O–H groups in total. The van der Waals surface area contributed by atoms with Gasteiger partial charge in [-0.1, -0.05) is 12.2 Å². The number of nitrogen functional groups attached to an aromatic ring is 6. The van der Waals surface area contributed by atoms with Crippen LogP contribution in [0.5, 0.6) is 0 Å². The SMILES string of the molecule is Nc1nc2c(ncn2[C@@H]2O[C@@H]3COP(O)(=S)O[C@H]4[C@H](F)[C@H](n5cnc6c(N)ccnc65)O[C@@H]4COP(=O)(S)O[C@@H]2[C@H]3F)c(=O)[nH]1.Nc1nc2c(ncn2[C@@H]2O[C@@H]3COP(O)(=S)O[C@H]4[C@H](F)[C@H](n5cnc6c(N)ccnc65)O[C@@H]4COP(O)(=S)O[C@@H]2C3(F)F)c(=O)[nH]1.Nc1nc2c(ncn2[C@@H]2S[C@@H]3COP(O)(=S)O[C@H]4[C@H](F)[C@H](n5cnc6c(N)ccnc65)O[C@@H]4COP(O)(=S)O[C@@H]2[C@@H]3F)c(=O)[nH]1. The molecule has 29 atom stereocenters. The first-order valence-electron chi connectivity index (χ1n) is 39.1. The highest BCUT2D eigenvalue weighted by molar-refractivity contribution is 8.44. The van der Waals surface area contributed by atoms with E-state index in [1.54, 1.807) is 0 Å². The molecule has 9 aliphatic heterocycles. The summed E-state index contributed by atoms with van der Waals surface area (Å²) in [5.41, 5.74) is 34.2. The molecule has 12 aromatic rings. The molecule has 136 heavy (non-hydrogen) atoms. The lowest BCUT2D eigenvalue weighted by molar-refractivity contribution is -0.118. The van der Waals surface area contributed by atoms with Crippen molar-refractivity contribution in [2.45, 2.75) is 146 Å². The van der Waals surface area contributed by atoms with Gasteiger partial charge in [0.25, 0.3) is 16.7 Å². The molecule has 0 amide bonds. The van der Waals surface area contributed by atoms with Crippen molar-refractivity contribution < 1.29 is 138 Å². The number of thiol groups is 1. The Hall–Kier alpha value is -7.48. The van der Waals surface area contributed by atoms with Crippen LogP contribution in [-0.2, 0) is 142 Å². The minimum Gasteiger partial charge on any atom is -0.397 e. The number of nitrogens with zero attached hydrogens (tertiary/aromatic N) is 18. The van der Waals surface area contributed by atoms with Crippen molar-refractivity contribution in [1.29, 1.82) is 0 Å². The van der Waals surface area contributed by atoms with Gasteiger partial charge in [0.2, 0.25) is 17.8 Å². The number of rotatable bonds is 6. The van der Waals surface area contributed by atoms with E-state index in [2.05, 4.69) is 87.0 Å². The number of thioether (sulfide) groups is 1. The molecule has 12 aromatic heterocycles. The monoisotopic (exact) mass is 2160 g/mol. The highest BCUT2D eigenvalue weighted by Crippen LogP contribution is 2.63. The average molecular weight is 2160 g/mol. The van der Waals surface area contributed by atoms with Crippen LogP contribution in [0.2, 0.25) is 0 Å². The van der Waals surface area contributed by atoms with Crippen LogP contribution in [0.15, 0.2) is 89.1 Å². The topological polar surface area (TPSA) is 714 Å². The van der Waals surface area contributed by atoms with Gasteiger partial charge in [0, 0.05) is 18.6 Å². The molecule has 9 aliphatic rings. The zero-order chi connectivity index (χ0) is 96.4. The maximum Gasteiger partial charge on any atom is 0.386 e. The summed E-state index contributed by atoms with van der Waals surface area (Å²) in [7, 11) is 0. The second-order valence-corrected chi connectivity index (χ2v) is 48.9. The Morgan fingerprint density at radius 3 is 1.14 bits per heavy atom. The molecule has 0 radical (unpaired) electrons. The molecule has 0 aromatic carbocycles. The van der Waals surface area contributed by atoms with Gasteiger partial charge in [-0.15, -0.1) is 11.8 Å². The molecule has 732 valence electrons. The number of fused-ring (bicyclic) bond motifs is 15. The maximum absolute atomic E-state index is 16.0. The number of hydrogen-bond acceptors (Lipinski definition) is 45. The third kappa shape index (κ3) is 18.7. The van der Waals surface area contributed by atoms with E-state index in [-0.39, 0.29) is 90.7 Å². The maximum atomic E-state index is 16.0. The van der Waals surface area contributed by atoms with E-state index < -0.39 is 242 Å². The fourth-order valence-corrected chi connectivity index (χ4v) is 26.2. The Balaban J connectivity index is 0.000000131. The minimum absolute atomic E-state index is 0.0190. The van der Waals surface area contributed by atoms with Crippen LogP contribution >= 0.6 is 64.4 Å². The summed E-state index contributed by atoms with van der Waals surface area (Å²) in [6.07, 6.45) is -24.8. The molecule has 0 spiro atoms. The highest BCUT2D eigenvalue weighted by Gasteiger charge is 2.64. The first-order chi connectivity index (χ1) is 64.3.